The molecule has 0 spiro atoms. The van der Waals surface area contributed by atoms with Gasteiger partial charge in [-0.3, -0.25) is 9.20 Å². The van der Waals surface area contributed by atoms with Crippen molar-refractivity contribution in [3.63, 3.8) is 0 Å². The van der Waals surface area contributed by atoms with Gasteiger partial charge in [0.15, 0.2) is 11.6 Å². The van der Waals surface area contributed by atoms with Crippen molar-refractivity contribution in [2.45, 2.75) is 6.92 Å². The smallest absolute Gasteiger partial charge is 0.258 e. The number of benzene rings is 1. The topological polar surface area (TPSA) is 58.9 Å². The summed E-state index contributed by atoms with van der Waals surface area (Å²) in [5.41, 5.74) is 2.32. The number of piperazine rings is 1. The molecule has 140 valence electrons. The first kappa shape index (κ1) is 17.5. The summed E-state index contributed by atoms with van der Waals surface area (Å²) in [6, 6.07) is 9.84. The number of aromatic nitrogens is 2. The summed E-state index contributed by atoms with van der Waals surface area (Å²) in [5.74, 6) is -0.273. The van der Waals surface area contributed by atoms with Crippen LogP contribution in [0.1, 0.15) is 6.92 Å². The third-order valence-corrected chi connectivity index (χ3v) is 4.65. The van der Waals surface area contributed by atoms with Crippen LogP contribution in [-0.4, -0.2) is 42.2 Å². The Morgan fingerprint density at radius 2 is 2.00 bits per heavy atom. The van der Waals surface area contributed by atoms with Crippen LogP contribution >= 0.6 is 0 Å². The van der Waals surface area contributed by atoms with Gasteiger partial charge in [0.2, 0.25) is 0 Å². The molecule has 2 aromatic heterocycles. The number of rotatable bonds is 4. The van der Waals surface area contributed by atoms with E-state index in [0.29, 0.717) is 23.5 Å². The maximum absolute atomic E-state index is 14.1. The van der Waals surface area contributed by atoms with E-state index in [4.69, 9.17) is 4.74 Å². The fourth-order valence-corrected chi connectivity index (χ4v) is 3.28. The van der Waals surface area contributed by atoms with Gasteiger partial charge in [0.1, 0.15) is 5.65 Å². The predicted molar refractivity (Wildman–Crippen MR) is 103 cm³/mol. The van der Waals surface area contributed by atoms with Gasteiger partial charge in [0.25, 0.3) is 5.56 Å². The molecule has 0 unspecified atom stereocenters. The Bertz CT molecular complexity index is 1030. The zero-order valence-corrected chi connectivity index (χ0v) is 15.1. The fourth-order valence-electron chi connectivity index (χ4n) is 3.28. The largest absolute Gasteiger partial charge is 0.491 e. The van der Waals surface area contributed by atoms with Crippen molar-refractivity contribution in [2.75, 3.05) is 37.7 Å². The van der Waals surface area contributed by atoms with E-state index in [1.54, 1.807) is 19.1 Å². The molecule has 1 aromatic carbocycles. The number of nitrogens with zero attached hydrogens (tertiary/aromatic N) is 3. The SMILES string of the molecule is CCOc1ccc(-c2cc(=O)n3cc(N4CCNCC4)ccc3n2)cc1F. The molecular weight excluding hydrogens is 347 g/mol. The normalized spacial score (nSPS) is 14.5. The van der Waals surface area contributed by atoms with Crippen LogP contribution in [-0.2, 0) is 0 Å². The summed E-state index contributed by atoms with van der Waals surface area (Å²) < 4.78 is 20.9. The Hall–Kier alpha value is -2.93. The number of pyridine rings is 1. The molecule has 7 heteroatoms. The van der Waals surface area contributed by atoms with Crippen LogP contribution in [0.5, 0.6) is 5.75 Å². The van der Waals surface area contributed by atoms with Gasteiger partial charge in [0, 0.05) is 44.0 Å². The van der Waals surface area contributed by atoms with E-state index < -0.39 is 5.82 Å². The molecular formula is C20H21FN4O2. The molecule has 3 aromatic rings. The number of ether oxygens (including phenoxy) is 1. The lowest BCUT2D eigenvalue weighted by atomic mass is 10.1. The number of hydrogen-bond donors (Lipinski definition) is 1. The number of anilines is 1. The molecule has 3 heterocycles. The lowest BCUT2D eigenvalue weighted by Crippen LogP contribution is -2.43. The minimum atomic E-state index is -0.467. The maximum atomic E-state index is 14.1. The van der Waals surface area contributed by atoms with Crippen LogP contribution in [0.15, 0.2) is 47.4 Å². The minimum absolute atomic E-state index is 0.193. The van der Waals surface area contributed by atoms with E-state index >= 15 is 0 Å². The molecule has 0 bridgehead atoms. The molecule has 0 aliphatic carbocycles. The second-order valence-corrected chi connectivity index (χ2v) is 6.41. The summed E-state index contributed by atoms with van der Waals surface area (Å²) in [6.07, 6.45) is 1.82. The second-order valence-electron chi connectivity index (χ2n) is 6.41. The molecule has 0 saturated carbocycles. The molecule has 1 saturated heterocycles. The number of fused-ring (bicyclic) bond motifs is 1. The Morgan fingerprint density at radius 1 is 1.19 bits per heavy atom. The highest BCUT2D eigenvalue weighted by Gasteiger charge is 2.13. The van der Waals surface area contributed by atoms with Crippen LogP contribution < -0.4 is 20.5 Å². The van der Waals surface area contributed by atoms with Crippen LogP contribution in [0.2, 0.25) is 0 Å². The van der Waals surface area contributed by atoms with Crippen molar-refractivity contribution in [2.24, 2.45) is 0 Å². The summed E-state index contributed by atoms with van der Waals surface area (Å²) >= 11 is 0. The second kappa shape index (κ2) is 7.36. The van der Waals surface area contributed by atoms with Gasteiger partial charge >= 0.3 is 0 Å². The Morgan fingerprint density at radius 3 is 2.74 bits per heavy atom. The van der Waals surface area contributed by atoms with Gasteiger partial charge in [-0.15, -0.1) is 0 Å². The van der Waals surface area contributed by atoms with E-state index in [0.717, 1.165) is 31.9 Å². The first-order valence-corrected chi connectivity index (χ1v) is 9.07. The highest BCUT2D eigenvalue weighted by atomic mass is 19.1. The van der Waals surface area contributed by atoms with Crippen molar-refractivity contribution in [1.29, 1.82) is 0 Å². The van der Waals surface area contributed by atoms with Crippen molar-refractivity contribution in [3.05, 3.63) is 58.8 Å². The van der Waals surface area contributed by atoms with E-state index in [1.807, 2.05) is 18.3 Å². The van der Waals surface area contributed by atoms with Crippen molar-refractivity contribution in [1.82, 2.24) is 14.7 Å². The molecule has 1 aliphatic heterocycles. The number of halogens is 1. The molecule has 6 nitrogen and oxygen atoms in total. The van der Waals surface area contributed by atoms with Gasteiger partial charge in [0.05, 0.1) is 18.0 Å². The van der Waals surface area contributed by atoms with Gasteiger partial charge in [-0.25, -0.2) is 9.37 Å². The van der Waals surface area contributed by atoms with Gasteiger partial charge in [-0.1, -0.05) is 0 Å². The Kier molecular flexibility index (Phi) is 4.77. The Labute approximate surface area is 156 Å². The average Bonchev–Trinajstić information content (AvgIpc) is 2.70. The molecule has 0 amide bonds. The van der Waals surface area contributed by atoms with Gasteiger partial charge < -0.3 is 15.0 Å². The number of hydrogen-bond acceptors (Lipinski definition) is 5. The highest BCUT2D eigenvalue weighted by molar-refractivity contribution is 5.63. The van der Waals surface area contributed by atoms with E-state index in [9.17, 15) is 9.18 Å². The van der Waals surface area contributed by atoms with Crippen LogP contribution in [0.3, 0.4) is 0 Å². The van der Waals surface area contributed by atoms with E-state index in [2.05, 4.69) is 15.2 Å². The minimum Gasteiger partial charge on any atom is -0.491 e. The first-order valence-electron chi connectivity index (χ1n) is 9.07. The maximum Gasteiger partial charge on any atom is 0.258 e. The summed E-state index contributed by atoms with van der Waals surface area (Å²) in [5, 5.41) is 3.31. The molecule has 4 rings (SSSR count). The summed E-state index contributed by atoms with van der Waals surface area (Å²) in [6.45, 7) is 5.84. The molecule has 0 atom stereocenters. The monoisotopic (exact) mass is 368 g/mol. The zero-order valence-electron chi connectivity index (χ0n) is 15.1. The van der Waals surface area contributed by atoms with Crippen LogP contribution in [0, 0.1) is 5.82 Å². The zero-order chi connectivity index (χ0) is 18.8. The first-order chi connectivity index (χ1) is 13.2. The standard InChI is InChI=1S/C20H21FN4O2/c1-2-27-18-5-3-14(11-16(18)21)17-12-20(26)25-13-15(4-6-19(25)23-17)24-9-7-22-8-10-24/h3-6,11-13,22H,2,7-10H2,1H3. The van der Waals surface area contributed by atoms with Crippen LogP contribution in [0.25, 0.3) is 16.9 Å². The molecule has 1 N–H and O–H groups in total. The molecule has 27 heavy (non-hydrogen) atoms. The lowest BCUT2D eigenvalue weighted by Gasteiger charge is -2.29. The third kappa shape index (κ3) is 3.50. The van der Waals surface area contributed by atoms with E-state index in [1.165, 1.54) is 16.5 Å². The summed E-state index contributed by atoms with van der Waals surface area (Å²) in [7, 11) is 0. The van der Waals surface area contributed by atoms with Crippen molar-refractivity contribution in [3.8, 4) is 17.0 Å². The van der Waals surface area contributed by atoms with Gasteiger partial charge in [-0.05, 0) is 37.3 Å². The van der Waals surface area contributed by atoms with Crippen molar-refractivity contribution < 1.29 is 9.13 Å². The third-order valence-electron chi connectivity index (χ3n) is 4.65. The Balaban J connectivity index is 1.71. The number of nitrogens with one attached hydrogen (secondary N) is 1. The molecule has 1 aliphatic rings. The lowest BCUT2D eigenvalue weighted by molar-refractivity contribution is 0.321. The fraction of sp³-hybridized carbons (Fsp3) is 0.300. The quantitative estimate of drug-likeness (QED) is 0.766. The van der Waals surface area contributed by atoms with Crippen LogP contribution in [0.4, 0.5) is 10.1 Å². The molecule has 0 radical (unpaired) electrons. The van der Waals surface area contributed by atoms with E-state index in [-0.39, 0.29) is 11.3 Å². The van der Waals surface area contributed by atoms with Crippen molar-refractivity contribution >= 4 is 11.3 Å². The van der Waals surface area contributed by atoms with Gasteiger partial charge in [-0.2, -0.15) is 0 Å². The highest BCUT2D eigenvalue weighted by Crippen LogP contribution is 2.24. The summed E-state index contributed by atoms with van der Waals surface area (Å²) in [4.78, 5) is 19.4. The average molecular weight is 368 g/mol. The predicted octanol–water partition coefficient (Wildman–Crippen LogP) is 2.31. The molecule has 1 fully saturated rings.